The molecular formula is C18H28N4O5. The topological polar surface area (TPSA) is 117 Å². The normalized spacial score (nSPS) is 26.5. The Morgan fingerprint density at radius 2 is 2.11 bits per heavy atom. The summed E-state index contributed by atoms with van der Waals surface area (Å²) in [5.74, 6) is -0.0970. The molecule has 3 N–H and O–H groups in total. The van der Waals surface area contributed by atoms with E-state index >= 15 is 0 Å². The molecule has 9 nitrogen and oxygen atoms in total. The molecule has 1 saturated heterocycles. The van der Waals surface area contributed by atoms with Crippen LogP contribution in [-0.4, -0.2) is 78.5 Å². The van der Waals surface area contributed by atoms with Crippen molar-refractivity contribution in [2.24, 2.45) is 5.92 Å². The maximum absolute atomic E-state index is 12.5. The molecule has 0 spiro atoms. The van der Waals surface area contributed by atoms with Crippen LogP contribution < -0.4 is 10.6 Å². The Labute approximate surface area is 158 Å². The van der Waals surface area contributed by atoms with Crippen molar-refractivity contribution in [3.05, 3.63) is 17.5 Å². The molecule has 1 aromatic rings. The third-order valence-corrected chi connectivity index (χ3v) is 5.19. The van der Waals surface area contributed by atoms with Crippen molar-refractivity contribution in [3.63, 3.8) is 0 Å². The van der Waals surface area contributed by atoms with Gasteiger partial charge in [-0.05, 0) is 26.2 Å². The Morgan fingerprint density at radius 3 is 2.81 bits per heavy atom. The number of nitrogens with one attached hydrogen (secondary N) is 2. The Kier molecular flexibility index (Phi) is 6.81. The Bertz CT molecular complexity index is 643. The molecule has 3 atom stereocenters. The highest BCUT2D eigenvalue weighted by atomic mass is 16.5. The molecule has 9 heteroatoms. The van der Waals surface area contributed by atoms with Gasteiger partial charge in [0.25, 0.3) is 5.91 Å². The van der Waals surface area contributed by atoms with Gasteiger partial charge in [-0.25, -0.2) is 0 Å². The van der Waals surface area contributed by atoms with E-state index in [1.165, 1.54) is 0 Å². The Morgan fingerprint density at radius 1 is 1.33 bits per heavy atom. The smallest absolute Gasteiger partial charge is 0.273 e. The van der Waals surface area contributed by atoms with Crippen LogP contribution >= 0.6 is 0 Å². The van der Waals surface area contributed by atoms with E-state index in [1.54, 1.807) is 13.0 Å². The Hall–Kier alpha value is -1.97. The Balaban J connectivity index is 1.45. The van der Waals surface area contributed by atoms with Crippen LogP contribution in [0.15, 0.2) is 10.6 Å². The van der Waals surface area contributed by atoms with Gasteiger partial charge in [0.05, 0.1) is 25.4 Å². The van der Waals surface area contributed by atoms with Crippen molar-refractivity contribution in [3.8, 4) is 0 Å². The molecule has 150 valence electrons. The highest BCUT2D eigenvalue weighted by Gasteiger charge is 2.34. The number of aryl methyl sites for hydroxylation is 1. The van der Waals surface area contributed by atoms with Crippen molar-refractivity contribution in [2.75, 3.05) is 39.4 Å². The molecule has 1 saturated carbocycles. The molecule has 1 aromatic heterocycles. The van der Waals surface area contributed by atoms with Gasteiger partial charge in [0.15, 0.2) is 5.69 Å². The van der Waals surface area contributed by atoms with Gasteiger partial charge in [-0.2, -0.15) is 0 Å². The van der Waals surface area contributed by atoms with Gasteiger partial charge in [0.1, 0.15) is 5.76 Å². The number of aliphatic hydroxyl groups is 1. The monoisotopic (exact) mass is 380 g/mol. The lowest BCUT2D eigenvalue weighted by molar-refractivity contribution is -0.127. The fourth-order valence-corrected chi connectivity index (χ4v) is 3.57. The number of amides is 2. The third-order valence-electron chi connectivity index (χ3n) is 5.19. The number of hydrogen-bond donors (Lipinski definition) is 3. The van der Waals surface area contributed by atoms with Gasteiger partial charge in [0.2, 0.25) is 5.91 Å². The average molecular weight is 380 g/mol. The SMILES string of the molecule is Cc1cc(C(=O)N[C@@H]2C[C@@H](C(=O)NCCN3CCOCC3)CC[C@H]2O)no1. The second-order valence-corrected chi connectivity index (χ2v) is 7.23. The zero-order valence-corrected chi connectivity index (χ0v) is 15.6. The molecular weight excluding hydrogens is 352 g/mol. The van der Waals surface area contributed by atoms with Crippen molar-refractivity contribution in [2.45, 2.75) is 38.3 Å². The molecule has 2 amide bonds. The van der Waals surface area contributed by atoms with Crippen molar-refractivity contribution in [1.29, 1.82) is 0 Å². The van der Waals surface area contributed by atoms with Crippen LogP contribution in [0.5, 0.6) is 0 Å². The van der Waals surface area contributed by atoms with Crippen LogP contribution in [0.3, 0.4) is 0 Å². The number of carbonyl (C=O) groups excluding carboxylic acids is 2. The number of morpholine rings is 1. The van der Waals surface area contributed by atoms with Crippen LogP contribution in [0.1, 0.15) is 35.5 Å². The number of hydrogen-bond acceptors (Lipinski definition) is 7. The number of ether oxygens (including phenoxy) is 1. The maximum atomic E-state index is 12.5. The van der Waals surface area contributed by atoms with E-state index in [9.17, 15) is 14.7 Å². The van der Waals surface area contributed by atoms with Crippen molar-refractivity contribution >= 4 is 11.8 Å². The molecule has 2 heterocycles. The zero-order valence-electron chi connectivity index (χ0n) is 15.6. The predicted octanol–water partition coefficient (Wildman–Crippen LogP) is -0.309. The molecule has 3 rings (SSSR count). The van der Waals surface area contributed by atoms with E-state index in [0.717, 1.165) is 32.8 Å². The molecule has 2 fully saturated rings. The summed E-state index contributed by atoms with van der Waals surface area (Å²) in [4.78, 5) is 27.0. The minimum atomic E-state index is -0.667. The van der Waals surface area contributed by atoms with E-state index in [2.05, 4.69) is 20.7 Å². The van der Waals surface area contributed by atoms with Gasteiger partial charge in [-0.1, -0.05) is 5.16 Å². The summed E-state index contributed by atoms with van der Waals surface area (Å²) < 4.78 is 10.2. The number of carbonyl (C=O) groups is 2. The first-order valence-electron chi connectivity index (χ1n) is 9.53. The van der Waals surface area contributed by atoms with Gasteiger partial charge < -0.3 is 25.0 Å². The molecule has 1 aliphatic carbocycles. The minimum absolute atomic E-state index is 0.0216. The highest BCUT2D eigenvalue weighted by molar-refractivity contribution is 5.92. The number of aliphatic hydroxyl groups excluding tert-OH is 1. The molecule has 0 bridgehead atoms. The van der Waals surface area contributed by atoms with Crippen molar-refractivity contribution < 1.29 is 24.0 Å². The quantitative estimate of drug-likeness (QED) is 0.620. The second-order valence-electron chi connectivity index (χ2n) is 7.23. The lowest BCUT2D eigenvalue weighted by Gasteiger charge is -2.33. The van der Waals surface area contributed by atoms with Gasteiger partial charge in [-0.15, -0.1) is 0 Å². The first-order valence-corrected chi connectivity index (χ1v) is 9.53. The number of aromatic nitrogens is 1. The molecule has 27 heavy (non-hydrogen) atoms. The molecule has 1 aliphatic heterocycles. The summed E-state index contributed by atoms with van der Waals surface area (Å²) in [5, 5.41) is 19.6. The number of rotatable bonds is 6. The molecule has 0 unspecified atom stereocenters. The summed E-state index contributed by atoms with van der Waals surface area (Å²) in [7, 11) is 0. The summed E-state index contributed by atoms with van der Waals surface area (Å²) in [6.07, 6.45) is 0.830. The van der Waals surface area contributed by atoms with Crippen LogP contribution in [0, 0.1) is 12.8 Å². The van der Waals surface area contributed by atoms with E-state index < -0.39 is 18.1 Å². The summed E-state index contributed by atoms with van der Waals surface area (Å²) in [6, 6.07) is 1.07. The van der Waals surface area contributed by atoms with Gasteiger partial charge >= 0.3 is 0 Å². The first-order chi connectivity index (χ1) is 13.0. The van der Waals surface area contributed by atoms with Gasteiger partial charge in [0, 0.05) is 38.2 Å². The van der Waals surface area contributed by atoms with Gasteiger partial charge in [-0.3, -0.25) is 14.5 Å². The highest BCUT2D eigenvalue weighted by Crippen LogP contribution is 2.25. The van der Waals surface area contributed by atoms with Crippen LogP contribution in [0.4, 0.5) is 0 Å². The fraction of sp³-hybridized carbons (Fsp3) is 0.722. The number of nitrogens with zero attached hydrogens (tertiary/aromatic N) is 2. The van der Waals surface area contributed by atoms with Crippen molar-refractivity contribution in [1.82, 2.24) is 20.7 Å². The predicted molar refractivity (Wildman–Crippen MR) is 96.1 cm³/mol. The molecule has 0 aromatic carbocycles. The summed E-state index contributed by atoms with van der Waals surface area (Å²) in [5.41, 5.74) is 0.178. The standard InChI is InChI=1S/C18H28N4O5/c1-12-10-15(21-27-12)18(25)20-14-11-13(2-3-16(14)23)17(24)19-4-5-22-6-8-26-9-7-22/h10,13-14,16,23H,2-9,11H2,1H3,(H,19,24)(H,20,25)/t13-,14+,16+/m0/s1. The lowest BCUT2D eigenvalue weighted by Crippen LogP contribution is -2.50. The van der Waals surface area contributed by atoms with E-state index in [0.29, 0.717) is 31.6 Å². The third kappa shape index (κ3) is 5.50. The van der Waals surface area contributed by atoms with Crippen LogP contribution in [0.25, 0.3) is 0 Å². The molecule has 0 radical (unpaired) electrons. The lowest BCUT2D eigenvalue weighted by atomic mass is 9.83. The van der Waals surface area contributed by atoms with E-state index in [1.807, 2.05) is 0 Å². The average Bonchev–Trinajstić information content (AvgIpc) is 3.11. The zero-order chi connectivity index (χ0) is 19.2. The van der Waals surface area contributed by atoms with E-state index in [4.69, 9.17) is 9.26 Å². The molecule has 2 aliphatic rings. The van der Waals surface area contributed by atoms with Crippen LogP contribution in [-0.2, 0) is 9.53 Å². The van der Waals surface area contributed by atoms with Crippen LogP contribution in [0.2, 0.25) is 0 Å². The van der Waals surface area contributed by atoms with E-state index in [-0.39, 0.29) is 17.5 Å². The largest absolute Gasteiger partial charge is 0.391 e. The maximum Gasteiger partial charge on any atom is 0.273 e. The second kappa shape index (κ2) is 9.29. The first kappa shape index (κ1) is 19.8. The summed E-state index contributed by atoms with van der Waals surface area (Å²) in [6.45, 7) is 6.35. The minimum Gasteiger partial charge on any atom is -0.391 e. The summed E-state index contributed by atoms with van der Waals surface area (Å²) >= 11 is 0. The fourth-order valence-electron chi connectivity index (χ4n) is 3.57.